The number of nitrogens with one attached hydrogen (secondary N) is 1. The highest BCUT2D eigenvalue weighted by Gasteiger charge is 2.02. The van der Waals surface area contributed by atoms with Crippen molar-refractivity contribution in [1.82, 2.24) is 4.90 Å². The summed E-state index contributed by atoms with van der Waals surface area (Å²) in [6.07, 6.45) is 0. The average molecular weight is 192 g/mol. The van der Waals surface area contributed by atoms with Crippen LogP contribution in [0.1, 0.15) is 5.56 Å². The van der Waals surface area contributed by atoms with Crippen molar-refractivity contribution in [2.75, 3.05) is 26.0 Å². The van der Waals surface area contributed by atoms with E-state index in [0.29, 0.717) is 6.54 Å². The molecule has 0 heterocycles. The standard InChI is InChI=1S/C11H16N2O/c1-9-4-6-10(7-5-9)12-11(14)8-13(2)3/h4-7H,8H2,1-3H3,(H,12,14). The monoisotopic (exact) mass is 192 g/mol. The molecule has 0 aliphatic carbocycles. The second-order valence-electron chi connectivity index (χ2n) is 3.65. The van der Waals surface area contributed by atoms with Gasteiger partial charge in [-0.25, -0.2) is 0 Å². The number of aryl methyl sites for hydroxylation is 1. The first-order valence-electron chi connectivity index (χ1n) is 4.59. The fourth-order valence-corrected chi connectivity index (χ4v) is 1.12. The Morgan fingerprint density at radius 2 is 1.86 bits per heavy atom. The van der Waals surface area contributed by atoms with Gasteiger partial charge in [-0.3, -0.25) is 4.79 Å². The molecule has 0 radical (unpaired) electrons. The summed E-state index contributed by atoms with van der Waals surface area (Å²) in [5.74, 6) is 0.0128. The van der Waals surface area contributed by atoms with Crippen molar-refractivity contribution >= 4 is 11.6 Å². The first kappa shape index (κ1) is 10.7. The van der Waals surface area contributed by atoms with Gasteiger partial charge in [0.25, 0.3) is 0 Å². The smallest absolute Gasteiger partial charge is 0.238 e. The highest BCUT2D eigenvalue weighted by molar-refractivity contribution is 5.92. The maximum Gasteiger partial charge on any atom is 0.238 e. The van der Waals surface area contributed by atoms with E-state index in [2.05, 4.69) is 5.32 Å². The number of rotatable bonds is 3. The zero-order valence-electron chi connectivity index (χ0n) is 8.87. The topological polar surface area (TPSA) is 32.3 Å². The lowest BCUT2D eigenvalue weighted by molar-refractivity contribution is -0.116. The Hall–Kier alpha value is -1.35. The van der Waals surface area contributed by atoms with Crippen molar-refractivity contribution in [3.05, 3.63) is 29.8 Å². The molecule has 1 aromatic carbocycles. The van der Waals surface area contributed by atoms with Crippen LogP contribution in [-0.4, -0.2) is 31.4 Å². The van der Waals surface area contributed by atoms with Gasteiger partial charge in [0.2, 0.25) is 5.91 Å². The van der Waals surface area contributed by atoms with Gasteiger partial charge in [0.1, 0.15) is 0 Å². The molecule has 3 nitrogen and oxygen atoms in total. The zero-order valence-corrected chi connectivity index (χ0v) is 8.87. The van der Waals surface area contributed by atoms with Crippen molar-refractivity contribution in [1.29, 1.82) is 0 Å². The van der Waals surface area contributed by atoms with Crippen molar-refractivity contribution in [2.45, 2.75) is 6.92 Å². The summed E-state index contributed by atoms with van der Waals surface area (Å²) in [5.41, 5.74) is 2.04. The molecule has 3 heteroatoms. The Morgan fingerprint density at radius 3 is 2.36 bits per heavy atom. The van der Waals surface area contributed by atoms with E-state index >= 15 is 0 Å². The first-order chi connectivity index (χ1) is 6.58. The molecule has 1 N–H and O–H groups in total. The predicted molar refractivity (Wildman–Crippen MR) is 58.4 cm³/mol. The number of anilines is 1. The third kappa shape index (κ3) is 3.58. The van der Waals surface area contributed by atoms with Gasteiger partial charge in [-0.2, -0.15) is 0 Å². The second-order valence-corrected chi connectivity index (χ2v) is 3.65. The SMILES string of the molecule is Cc1ccc(NC(=O)CN(C)C)cc1. The van der Waals surface area contributed by atoms with E-state index in [9.17, 15) is 4.79 Å². The summed E-state index contributed by atoms with van der Waals surface area (Å²) in [4.78, 5) is 13.2. The number of carbonyl (C=O) groups excluding carboxylic acids is 1. The molecule has 1 amide bonds. The Labute approximate surface area is 84.7 Å². The fraction of sp³-hybridized carbons (Fsp3) is 0.364. The minimum absolute atomic E-state index is 0.0128. The fourth-order valence-electron chi connectivity index (χ4n) is 1.12. The van der Waals surface area contributed by atoms with Gasteiger partial charge in [-0.15, -0.1) is 0 Å². The molecule has 0 saturated carbocycles. The molecular weight excluding hydrogens is 176 g/mol. The van der Waals surface area contributed by atoms with Crippen LogP contribution in [0.15, 0.2) is 24.3 Å². The van der Waals surface area contributed by atoms with E-state index in [-0.39, 0.29) is 5.91 Å². The van der Waals surface area contributed by atoms with Crippen molar-refractivity contribution in [3.63, 3.8) is 0 Å². The maximum absolute atomic E-state index is 11.4. The van der Waals surface area contributed by atoms with E-state index in [1.165, 1.54) is 5.56 Å². The number of hydrogen-bond acceptors (Lipinski definition) is 2. The van der Waals surface area contributed by atoms with E-state index in [0.717, 1.165) is 5.69 Å². The third-order valence-electron chi connectivity index (χ3n) is 1.80. The van der Waals surface area contributed by atoms with Gasteiger partial charge in [0, 0.05) is 5.69 Å². The molecule has 1 aromatic rings. The van der Waals surface area contributed by atoms with Crippen molar-refractivity contribution < 1.29 is 4.79 Å². The van der Waals surface area contributed by atoms with Crippen LogP contribution in [0.3, 0.4) is 0 Å². The number of benzene rings is 1. The Balaban J connectivity index is 2.52. The minimum atomic E-state index is 0.0128. The molecule has 0 saturated heterocycles. The molecule has 0 spiro atoms. The number of carbonyl (C=O) groups is 1. The van der Waals surface area contributed by atoms with Crippen LogP contribution in [-0.2, 0) is 4.79 Å². The van der Waals surface area contributed by atoms with Crippen LogP contribution in [0.2, 0.25) is 0 Å². The number of likely N-dealkylation sites (N-methyl/N-ethyl adjacent to an activating group) is 1. The van der Waals surface area contributed by atoms with Gasteiger partial charge < -0.3 is 10.2 Å². The van der Waals surface area contributed by atoms with Crippen LogP contribution >= 0.6 is 0 Å². The van der Waals surface area contributed by atoms with Gasteiger partial charge in [0.05, 0.1) is 6.54 Å². The Morgan fingerprint density at radius 1 is 1.29 bits per heavy atom. The molecule has 0 fully saturated rings. The maximum atomic E-state index is 11.4. The molecule has 0 aliphatic rings. The van der Waals surface area contributed by atoms with Crippen LogP contribution in [0.25, 0.3) is 0 Å². The van der Waals surface area contributed by atoms with E-state index in [4.69, 9.17) is 0 Å². The molecule has 0 aromatic heterocycles. The molecule has 0 aliphatic heterocycles. The van der Waals surface area contributed by atoms with Gasteiger partial charge in [0.15, 0.2) is 0 Å². The number of amides is 1. The van der Waals surface area contributed by atoms with Gasteiger partial charge in [-0.1, -0.05) is 17.7 Å². The first-order valence-corrected chi connectivity index (χ1v) is 4.59. The van der Waals surface area contributed by atoms with E-state index in [1.54, 1.807) is 0 Å². The largest absolute Gasteiger partial charge is 0.325 e. The van der Waals surface area contributed by atoms with Crippen LogP contribution in [0, 0.1) is 6.92 Å². The normalized spacial score (nSPS) is 10.3. The Bertz CT molecular complexity index is 304. The molecular formula is C11H16N2O. The van der Waals surface area contributed by atoms with Crippen LogP contribution in [0.5, 0.6) is 0 Å². The summed E-state index contributed by atoms with van der Waals surface area (Å²) >= 11 is 0. The van der Waals surface area contributed by atoms with Crippen LogP contribution in [0.4, 0.5) is 5.69 Å². The summed E-state index contributed by atoms with van der Waals surface area (Å²) in [6.45, 7) is 2.43. The zero-order chi connectivity index (χ0) is 10.6. The van der Waals surface area contributed by atoms with E-state index in [1.807, 2.05) is 50.2 Å². The van der Waals surface area contributed by atoms with Crippen LogP contribution < -0.4 is 5.32 Å². The van der Waals surface area contributed by atoms with Crippen molar-refractivity contribution in [3.8, 4) is 0 Å². The second kappa shape index (κ2) is 4.77. The minimum Gasteiger partial charge on any atom is -0.325 e. The summed E-state index contributed by atoms with van der Waals surface area (Å²) in [5, 5.41) is 2.82. The molecule has 0 bridgehead atoms. The molecule has 14 heavy (non-hydrogen) atoms. The summed E-state index contributed by atoms with van der Waals surface area (Å²) in [7, 11) is 3.74. The highest BCUT2D eigenvalue weighted by Crippen LogP contribution is 2.08. The summed E-state index contributed by atoms with van der Waals surface area (Å²) < 4.78 is 0. The highest BCUT2D eigenvalue weighted by atomic mass is 16.2. The molecule has 1 rings (SSSR count). The predicted octanol–water partition coefficient (Wildman–Crippen LogP) is 1.50. The number of nitrogens with zero attached hydrogens (tertiary/aromatic N) is 1. The lowest BCUT2D eigenvalue weighted by Gasteiger charge is -2.09. The lowest BCUT2D eigenvalue weighted by atomic mass is 10.2. The van der Waals surface area contributed by atoms with Gasteiger partial charge in [-0.05, 0) is 33.2 Å². The van der Waals surface area contributed by atoms with Gasteiger partial charge >= 0.3 is 0 Å². The molecule has 0 unspecified atom stereocenters. The molecule has 76 valence electrons. The lowest BCUT2D eigenvalue weighted by Crippen LogP contribution is -2.27. The number of hydrogen-bond donors (Lipinski definition) is 1. The summed E-state index contributed by atoms with van der Waals surface area (Å²) in [6, 6.07) is 7.77. The molecule has 0 atom stereocenters. The quantitative estimate of drug-likeness (QED) is 0.787. The Kier molecular flexibility index (Phi) is 3.65. The average Bonchev–Trinajstić information content (AvgIpc) is 2.07. The third-order valence-corrected chi connectivity index (χ3v) is 1.80. The van der Waals surface area contributed by atoms with Crippen molar-refractivity contribution in [2.24, 2.45) is 0 Å². The van der Waals surface area contributed by atoms with E-state index < -0.39 is 0 Å².